The fraction of sp³-hybridized carbons (Fsp3) is 0. The number of fused-ring (bicyclic) bond motifs is 5. The molecule has 1 aliphatic carbocycles. The molecule has 1 heterocycles. The molecule has 0 unspecified atom stereocenters. The van der Waals surface area contributed by atoms with Gasteiger partial charge in [0.15, 0.2) is 11.6 Å². The van der Waals surface area contributed by atoms with E-state index in [1.807, 2.05) is 24.3 Å². The van der Waals surface area contributed by atoms with E-state index in [0.717, 1.165) is 16.4 Å². The van der Waals surface area contributed by atoms with Gasteiger partial charge in [-0.05, 0) is 18.2 Å². The minimum absolute atomic E-state index is 0.109. The van der Waals surface area contributed by atoms with Crippen LogP contribution in [-0.4, -0.2) is 11.6 Å². The van der Waals surface area contributed by atoms with Crippen molar-refractivity contribution in [2.45, 2.75) is 0 Å². The molecular formula is C20H10O3. The van der Waals surface area contributed by atoms with Gasteiger partial charge >= 0.3 is 0 Å². The van der Waals surface area contributed by atoms with Gasteiger partial charge in [-0.1, -0.05) is 42.5 Å². The molecule has 0 saturated heterocycles. The van der Waals surface area contributed by atoms with E-state index in [1.165, 1.54) is 0 Å². The predicted octanol–water partition coefficient (Wildman–Crippen LogP) is 4.36. The van der Waals surface area contributed by atoms with Crippen LogP contribution in [0.3, 0.4) is 0 Å². The molecule has 108 valence electrons. The third-order valence-corrected chi connectivity index (χ3v) is 4.42. The third-order valence-electron chi connectivity index (χ3n) is 4.42. The molecule has 0 saturated carbocycles. The Morgan fingerprint density at radius 3 is 1.91 bits per heavy atom. The fourth-order valence-corrected chi connectivity index (χ4v) is 3.32. The van der Waals surface area contributed by atoms with Crippen molar-refractivity contribution in [1.29, 1.82) is 0 Å². The molecule has 0 aliphatic heterocycles. The summed E-state index contributed by atoms with van der Waals surface area (Å²) in [5.41, 5.74) is 3.18. The highest BCUT2D eigenvalue weighted by atomic mass is 16.3. The van der Waals surface area contributed by atoms with Crippen molar-refractivity contribution in [3.05, 3.63) is 82.9 Å². The van der Waals surface area contributed by atoms with Crippen LogP contribution in [-0.2, 0) is 0 Å². The number of furan rings is 1. The van der Waals surface area contributed by atoms with E-state index in [1.54, 1.807) is 36.4 Å². The average molecular weight is 298 g/mol. The Bertz CT molecular complexity index is 1150. The van der Waals surface area contributed by atoms with Gasteiger partial charge in [0.2, 0.25) is 0 Å². The minimum atomic E-state index is -0.127. The molecule has 1 aromatic heterocycles. The number of hydrogen-bond acceptors (Lipinski definition) is 3. The number of carbonyl (C=O) groups excluding carboxylic acids is 2. The SMILES string of the molecule is O=C1c2ccccc2C(=O)c2cc3c(cc21)oc1ccccc13. The van der Waals surface area contributed by atoms with Crippen LogP contribution in [0.5, 0.6) is 0 Å². The fourth-order valence-electron chi connectivity index (χ4n) is 3.32. The van der Waals surface area contributed by atoms with Gasteiger partial charge in [-0.25, -0.2) is 0 Å². The molecule has 3 heteroatoms. The van der Waals surface area contributed by atoms with Gasteiger partial charge in [0.25, 0.3) is 0 Å². The van der Waals surface area contributed by atoms with Gasteiger partial charge in [-0.2, -0.15) is 0 Å². The second kappa shape index (κ2) is 4.17. The molecule has 0 fully saturated rings. The first-order valence-electron chi connectivity index (χ1n) is 7.38. The van der Waals surface area contributed by atoms with Gasteiger partial charge in [-0.15, -0.1) is 0 Å². The predicted molar refractivity (Wildman–Crippen MR) is 87.0 cm³/mol. The number of para-hydroxylation sites is 1. The topological polar surface area (TPSA) is 47.3 Å². The highest BCUT2D eigenvalue weighted by molar-refractivity contribution is 6.30. The number of carbonyl (C=O) groups is 2. The lowest BCUT2D eigenvalue weighted by Gasteiger charge is -2.16. The molecule has 5 rings (SSSR count). The monoisotopic (exact) mass is 298 g/mol. The number of rotatable bonds is 0. The normalized spacial score (nSPS) is 13.4. The Morgan fingerprint density at radius 1 is 0.565 bits per heavy atom. The van der Waals surface area contributed by atoms with Gasteiger partial charge in [0, 0.05) is 33.0 Å². The van der Waals surface area contributed by atoms with E-state index >= 15 is 0 Å². The molecule has 1 aliphatic rings. The maximum absolute atomic E-state index is 12.8. The first-order valence-corrected chi connectivity index (χ1v) is 7.38. The van der Waals surface area contributed by atoms with Crippen molar-refractivity contribution < 1.29 is 14.0 Å². The van der Waals surface area contributed by atoms with E-state index in [-0.39, 0.29) is 11.6 Å². The van der Waals surface area contributed by atoms with Crippen LogP contribution < -0.4 is 0 Å². The lowest BCUT2D eigenvalue weighted by molar-refractivity contribution is 0.0979. The first-order chi connectivity index (χ1) is 11.2. The maximum atomic E-state index is 12.8. The zero-order valence-corrected chi connectivity index (χ0v) is 12.0. The van der Waals surface area contributed by atoms with Crippen LogP contribution in [0.1, 0.15) is 31.8 Å². The Labute approximate surface area is 131 Å². The molecular weight excluding hydrogens is 288 g/mol. The summed E-state index contributed by atoms with van der Waals surface area (Å²) in [5.74, 6) is -0.236. The Morgan fingerprint density at radius 2 is 1.17 bits per heavy atom. The molecule has 3 nitrogen and oxygen atoms in total. The molecule has 3 aromatic carbocycles. The summed E-state index contributed by atoms with van der Waals surface area (Å²) in [6, 6.07) is 18.1. The van der Waals surface area contributed by atoms with E-state index in [9.17, 15) is 9.59 Å². The number of ketones is 2. The van der Waals surface area contributed by atoms with Crippen molar-refractivity contribution >= 4 is 33.5 Å². The Balaban J connectivity index is 1.89. The molecule has 4 aromatic rings. The summed E-state index contributed by atoms with van der Waals surface area (Å²) in [6.45, 7) is 0. The molecule has 0 spiro atoms. The van der Waals surface area contributed by atoms with Crippen LogP contribution in [0.2, 0.25) is 0 Å². The molecule has 0 radical (unpaired) electrons. The second-order valence-corrected chi connectivity index (χ2v) is 5.70. The van der Waals surface area contributed by atoms with Crippen molar-refractivity contribution in [1.82, 2.24) is 0 Å². The van der Waals surface area contributed by atoms with Crippen LogP contribution >= 0.6 is 0 Å². The highest BCUT2D eigenvalue weighted by Crippen LogP contribution is 2.35. The third kappa shape index (κ3) is 1.53. The summed E-state index contributed by atoms with van der Waals surface area (Å²) in [6.07, 6.45) is 0. The van der Waals surface area contributed by atoms with Gasteiger partial charge in [0.05, 0.1) is 0 Å². The summed E-state index contributed by atoms with van der Waals surface area (Å²) in [5, 5.41) is 1.81. The summed E-state index contributed by atoms with van der Waals surface area (Å²) in [4.78, 5) is 25.5. The van der Waals surface area contributed by atoms with E-state index < -0.39 is 0 Å². The lowest BCUT2D eigenvalue weighted by atomic mass is 9.83. The quantitative estimate of drug-likeness (QED) is 0.427. The van der Waals surface area contributed by atoms with E-state index in [4.69, 9.17) is 4.42 Å². The van der Waals surface area contributed by atoms with Crippen LogP contribution in [0, 0.1) is 0 Å². The smallest absolute Gasteiger partial charge is 0.194 e. The van der Waals surface area contributed by atoms with Gasteiger partial charge in [-0.3, -0.25) is 9.59 Å². The second-order valence-electron chi connectivity index (χ2n) is 5.70. The summed E-state index contributed by atoms with van der Waals surface area (Å²) in [7, 11) is 0. The molecule has 0 N–H and O–H groups in total. The van der Waals surface area contributed by atoms with Gasteiger partial charge in [0.1, 0.15) is 11.2 Å². The molecule has 0 atom stereocenters. The number of hydrogen-bond donors (Lipinski definition) is 0. The average Bonchev–Trinajstić information content (AvgIpc) is 2.96. The zero-order chi connectivity index (χ0) is 15.6. The van der Waals surface area contributed by atoms with E-state index in [0.29, 0.717) is 27.8 Å². The van der Waals surface area contributed by atoms with Crippen LogP contribution in [0.4, 0.5) is 0 Å². The van der Waals surface area contributed by atoms with E-state index in [2.05, 4.69) is 0 Å². The van der Waals surface area contributed by atoms with Crippen LogP contribution in [0.25, 0.3) is 21.9 Å². The molecule has 23 heavy (non-hydrogen) atoms. The van der Waals surface area contributed by atoms with Crippen molar-refractivity contribution in [2.24, 2.45) is 0 Å². The van der Waals surface area contributed by atoms with Crippen LogP contribution in [0.15, 0.2) is 65.1 Å². The van der Waals surface area contributed by atoms with Gasteiger partial charge < -0.3 is 4.42 Å². The summed E-state index contributed by atoms with van der Waals surface area (Å²) >= 11 is 0. The largest absolute Gasteiger partial charge is 0.456 e. The first kappa shape index (κ1) is 12.4. The molecule has 0 bridgehead atoms. The minimum Gasteiger partial charge on any atom is -0.456 e. The van der Waals surface area contributed by atoms with Crippen molar-refractivity contribution in [3.63, 3.8) is 0 Å². The standard InChI is InChI=1S/C20H10O3/c21-19-12-6-1-2-7-13(12)20(22)16-10-18-14(9-15(16)19)11-5-3-4-8-17(11)23-18/h1-10H. The number of benzene rings is 3. The summed E-state index contributed by atoms with van der Waals surface area (Å²) < 4.78 is 5.83. The Kier molecular flexibility index (Phi) is 2.24. The van der Waals surface area contributed by atoms with Crippen molar-refractivity contribution in [3.8, 4) is 0 Å². The lowest BCUT2D eigenvalue weighted by Crippen LogP contribution is -2.20. The maximum Gasteiger partial charge on any atom is 0.194 e. The molecule has 0 amide bonds. The highest BCUT2D eigenvalue weighted by Gasteiger charge is 2.30. The zero-order valence-electron chi connectivity index (χ0n) is 12.0. The van der Waals surface area contributed by atoms with Crippen molar-refractivity contribution in [2.75, 3.05) is 0 Å². The Hall–Kier alpha value is -3.20.